The van der Waals surface area contributed by atoms with Crippen LogP contribution in [0.15, 0.2) is 6.07 Å². The van der Waals surface area contributed by atoms with Gasteiger partial charge in [0.15, 0.2) is 0 Å². The highest BCUT2D eigenvalue weighted by Crippen LogP contribution is 2.24. The maximum Gasteiger partial charge on any atom is 0.251 e. The van der Waals surface area contributed by atoms with Gasteiger partial charge in [-0.05, 0) is 58.9 Å². The summed E-state index contributed by atoms with van der Waals surface area (Å²) in [6.07, 6.45) is 5.16. The largest absolute Gasteiger partial charge is 0.376 e. The van der Waals surface area contributed by atoms with E-state index in [1.807, 2.05) is 18.7 Å². The monoisotopic (exact) mass is 349 g/mol. The van der Waals surface area contributed by atoms with Crippen molar-refractivity contribution < 1.29 is 14.3 Å². The fourth-order valence-corrected chi connectivity index (χ4v) is 3.89. The molecule has 0 radical (unpaired) electrons. The molecule has 1 amide bonds. The zero-order valence-corrected chi connectivity index (χ0v) is 15.7. The SMILES string of the molecule is Cc1cc(C)n([C@@H]2CCCN(C(=O)[C@H](C)OC[C@H]3CCCCO3)C2)n1. The van der Waals surface area contributed by atoms with Gasteiger partial charge in [0.25, 0.3) is 5.91 Å². The molecule has 2 saturated heterocycles. The molecular formula is C19H31N3O3. The third-order valence-electron chi connectivity index (χ3n) is 5.25. The number of aromatic nitrogens is 2. The second-order valence-corrected chi connectivity index (χ2v) is 7.42. The lowest BCUT2D eigenvalue weighted by Crippen LogP contribution is -2.46. The Labute approximate surface area is 150 Å². The zero-order chi connectivity index (χ0) is 17.8. The van der Waals surface area contributed by atoms with E-state index in [9.17, 15) is 4.79 Å². The number of carbonyl (C=O) groups excluding carboxylic acids is 1. The average molecular weight is 349 g/mol. The normalized spacial score (nSPS) is 25.8. The van der Waals surface area contributed by atoms with E-state index in [1.165, 1.54) is 6.42 Å². The summed E-state index contributed by atoms with van der Waals surface area (Å²) in [4.78, 5) is 14.7. The van der Waals surface area contributed by atoms with Crippen LogP contribution >= 0.6 is 0 Å². The maximum atomic E-state index is 12.8. The van der Waals surface area contributed by atoms with Crippen molar-refractivity contribution in [1.82, 2.24) is 14.7 Å². The predicted octanol–water partition coefficient (Wildman–Crippen LogP) is 2.64. The topological polar surface area (TPSA) is 56.6 Å². The van der Waals surface area contributed by atoms with E-state index < -0.39 is 6.10 Å². The van der Waals surface area contributed by atoms with Crippen molar-refractivity contribution in [2.75, 3.05) is 26.3 Å². The molecule has 6 nitrogen and oxygen atoms in total. The highest BCUT2D eigenvalue weighted by atomic mass is 16.5. The molecule has 0 N–H and O–H groups in total. The van der Waals surface area contributed by atoms with Gasteiger partial charge in [-0.3, -0.25) is 9.48 Å². The molecule has 3 atom stereocenters. The number of hydrogen-bond acceptors (Lipinski definition) is 4. The molecule has 0 aromatic carbocycles. The van der Waals surface area contributed by atoms with Crippen LogP contribution in [0.3, 0.4) is 0 Å². The van der Waals surface area contributed by atoms with E-state index in [0.29, 0.717) is 13.2 Å². The van der Waals surface area contributed by atoms with Crippen LogP contribution < -0.4 is 0 Å². The number of hydrogen-bond donors (Lipinski definition) is 0. The molecule has 25 heavy (non-hydrogen) atoms. The van der Waals surface area contributed by atoms with Crippen LogP contribution in [-0.2, 0) is 14.3 Å². The first kappa shape index (κ1) is 18.4. The molecule has 2 aliphatic heterocycles. The summed E-state index contributed by atoms with van der Waals surface area (Å²) < 4.78 is 13.6. The number of amides is 1. The van der Waals surface area contributed by atoms with Crippen LogP contribution in [0.4, 0.5) is 0 Å². The molecule has 0 saturated carbocycles. The third kappa shape index (κ3) is 4.61. The van der Waals surface area contributed by atoms with Crippen molar-refractivity contribution in [3.05, 3.63) is 17.5 Å². The number of carbonyl (C=O) groups is 1. The second-order valence-electron chi connectivity index (χ2n) is 7.42. The molecule has 0 spiro atoms. The van der Waals surface area contributed by atoms with Crippen LogP contribution in [0.5, 0.6) is 0 Å². The van der Waals surface area contributed by atoms with Crippen LogP contribution in [0.2, 0.25) is 0 Å². The molecule has 0 unspecified atom stereocenters. The van der Waals surface area contributed by atoms with Gasteiger partial charge in [-0.15, -0.1) is 0 Å². The summed E-state index contributed by atoms with van der Waals surface area (Å²) >= 11 is 0. The van der Waals surface area contributed by atoms with E-state index in [4.69, 9.17) is 9.47 Å². The van der Waals surface area contributed by atoms with E-state index in [2.05, 4.69) is 22.8 Å². The van der Waals surface area contributed by atoms with Gasteiger partial charge in [-0.25, -0.2) is 0 Å². The number of rotatable bonds is 5. The van der Waals surface area contributed by atoms with E-state index in [-0.39, 0.29) is 18.1 Å². The van der Waals surface area contributed by atoms with Crippen molar-refractivity contribution in [2.45, 2.75) is 71.1 Å². The lowest BCUT2D eigenvalue weighted by atomic mass is 10.0. The molecular weight excluding hydrogens is 318 g/mol. The summed E-state index contributed by atoms with van der Waals surface area (Å²) in [7, 11) is 0. The number of nitrogens with zero attached hydrogens (tertiary/aromatic N) is 3. The first-order valence-electron chi connectivity index (χ1n) is 9.59. The highest BCUT2D eigenvalue weighted by molar-refractivity contribution is 5.80. The Morgan fingerprint density at radius 3 is 2.88 bits per heavy atom. The Kier molecular flexibility index (Phi) is 6.12. The fourth-order valence-electron chi connectivity index (χ4n) is 3.89. The maximum absolute atomic E-state index is 12.8. The standard InChI is InChI=1S/C19H31N3O3/c1-14-11-15(2)22(20-14)17-7-6-9-21(12-17)19(23)16(3)25-13-18-8-4-5-10-24-18/h11,16-18H,4-10,12-13H2,1-3H3/t16-,17+,18+/m0/s1. The Hall–Kier alpha value is -1.40. The minimum absolute atomic E-state index is 0.0852. The van der Waals surface area contributed by atoms with Gasteiger partial charge in [0, 0.05) is 25.4 Å². The summed E-state index contributed by atoms with van der Waals surface area (Å²) in [5.41, 5.74) is 2.20. The molecule has 1 aromatic heterocycles. The Balaban J connectivity index is 1.53. The average Bonchev–Trinajstić information content (AvgIpc) is 2.98. The van der Waals surface area contributed by atoms with Gasteiger partial charge in [0.1, 0.15) is 6.10 Å². The number of ether oxygens (including phenoxy) is 2. The fraction of sp³-hybridized carbons (Fsp3) is 0.789. The van der Waals surface area contributed by atoms with Crippen LogP contribution in [0.25, 0.3) is 0 Å². The summed E-state index contributed by atoms with van der Waals surface area (Å²) in [5, 5.41) is 4.60. The van der Waals surface area contributed by atoms with Crippen molar-refractivity contribution in [1.29, 1.82) is 0 Å². The molecule has 1 aromatic rings. The lowest BCUT2D eigenvalue weighted by Gasteiger charge is -2.35. The van der Waals surface area contributed by atoms with Gasteiger partial charge < -0.3 is 14.4 Å². The summed E-state index contributed by atoms with van der Waals surface area (Å²) in [6.45, 7) is 8.80. The number of likely N-dealkylation sites (tertiary alicyclic amines) is 1. The summed E-state index contributed by atoms with van der Waals surface area (Å²) in [5.74, 6) is 0.0852. The number of aryl methyl sites for hydroxylation is 2. The van der Waals surface area contributed by atoms with Crippen LogP contribution in [0.1, 0.15) is 56.5 Å². The second kappa shape index (κ2) is 8.32. The van der Waals surface area contributed by atoms with Gasteiger partial charge >= 0.3 is 0 Å². The quantitative estimate of drug-likeness (QED) is 0.820. The minimum atomic E-state index is -0.412. The molecule has 3 heterocycles. The molecule has 0 bridgehead atoms. The van der Waals surface area contributed by atoms with Gasteiger partial charge in [0.2, 0.25) is 0 Å². The number of piperidine rings is 1. The van der Waals surface area contributed by atoms with E-state index in [1.54, 1.807) is 0 Å². The predicted molar refractivity (Wildman–Crippen MR) is 95.6 cm³/mol. The smallest absolute Gasteiger partial charge is 0.251 e. The minimum Gasteiger partial charge on any atom is -0.376 e. The molecule has 3 rings (SSSR count). The Morgan fingerprint density at radius 1 is 1.36 bits per heavy atom. The summed E-state index contributed by atoms with van der Waals surface area (Å²) in [6, 6.07) is 2.36. The van der Waals surface area contributed by atoms with Crippen molar-refractivity contribution in [2.24, 2.45) is 0 Å². The van der Waals surface area contributed by atoms with Crippen molar-refractivity contribution in [3.8, 4) is 0 Å². The first-order chi connectivity index (χ1) is 12.0. The molecule has 2 aliphatic rings. The van der Waals surface area contributed by atoms with Crippen molar-refractivity contribution >= 4 is 5.91 Å². The Morgan fingerprint density at radius 2 is 2.20 bits per heavy atom. The van der Waals surface area contributed by atoms with Crippen LogP contribution in [0, 0.1) is 13.8 Å². The van der Waals surface area contributed by atoms with E-state index >= 15 is 0 Å². The molecule has 140 valence electrons. The lowest BCUT2D eigenvalue weighted by molar-refractivity contribution is -0.147. The zero-order valence-electron chi connectivity index (χ0n) is 15.7. The highest BCUT2D eigenvalue weighted by Gasteiger charge is 2.29. The first-order valence-corrected chi connectivity index (χ1v) is 9.59. The molecule has 6 heteroatoms. The van der Waals surface area contributed by atoms with Crippen LogP contribution in [-0.4, -0.2) is 59.1 Å². The van der Waals surface area contributed by atoms with Crippen molar-refractivity contribution in [3.63, 3.8) is 0 Å². The Bertz CT molecular complexity index is 580. The van der Waals surface area contributed by atoms with Gasteiger partial charge in [-0.1, -0.05) is 0 Å². The van der Waals surface area contributed by atoms with Gasteiger partial charge in [-0.2, -0.15) is 5.10 Å². The van der Waals surface area contributed by atoms with E-state index in [0.717, 1.165) is 50.2 Å². The molecule has 0 aliphatic carbocycles. The van der Waals surface area contributed by atoms with Gasteiger partial charge in [0.05, 0.1) is 24.4 Å². The molecule has 2 fully saturated rings. The third-order valence-corrected chi connectivity index (χ3v) is 5.25.